The highest BCUT2D eigenvalue weighted by atomic mass is 35.5. The number of fused-ring (bicyclic) bond motifs is 1. The summed E-state index contributed by atoms with van der Waals surface area (Å²) in [5.41, 5.74) is -0.619. The predicted molar refractivity (Wildman–Crippen MR) is 129 cm³/mol. The summed E-state index contributed by atoms with van der Waals surface area (Å²) in [5.74, 6) is -12.5. The lowest BCUT2D eigenvalue weighted by molar-refractivity contribution is -0.140. The molecule has 0 saturated heterocycles. The molecule has 3 aromatic rings. The molecule has 2 atom stereocenters. The van der Waals surface area contributed by atoms with Gasteiger partial charge in [0.05, 0.1) is 16.5 Å². The highest BCUT2D eigenvalue weighted by Gasteiger charge is 2.30. The van der Waals surface area contributed by atoms with Crippen molar-refractivity contribution in [3.8, 4) is 5.75 Å². The van der Waals surface area contributed by atoms with Crippen molar-refractivity contribution in [3.05, 3.63) is 74.1 Å². The third-order valence-corrected chi connectivity index (χ3v) is 6.23. The second-order valence-corrected chi connectivity index (χ2v) is 8.83. The van der Waals surface area contributed by atoms with Gasteiger partial charge in [0.25, 0.3) is 5.56 Å². The number of nitrogens with one attached hydrogen (secondary N) is 1. The number of pyridine rings is 1. The Balaban J connectivity index is 1.85. The van der Waals surface area contributed by atoms with Gasteiger partial charge in [-0.2, -0.15) is 8.78 Å². The average molecular weight is 577 g/mol. The normalized spacial score (nSPS) is 12.7. The van der Waals surface area contributed by atoms with E-state index in [1.54, 1.807) is 6.92 Å². The largest absolute Gasteiger partial charge is 0.481 e. The number of carbonyl (C=O) groups is 3. The number of aliphatic carboxylic acids is 1. The van der Waals surface area contributed by atoms with E-state index in [4.69, 9.17) is 23.2 Å². The molecule has 0 aliphatic carbocycles. The molecule has 14 heteroatoms. The molecule has 1 unspecified atom stereocenters. The maximum atomic E-state index is 13.8. The Morgan fingerprint density at radius 2 is 1.66 bits per heavy atom. The number of benzene rings is 2. The van der Waals surface area contributed by atoms with Crippen LogP contribution in [0.2, 0.25) is 10.0 Å². The van der Waals surface area contributed by atoms with Gasteiger partial charge >= 0.3 is 5.97 Å². The predicted octanol–water partition coefficient (Wildman–Crippen LogP) is 4.42. The number of aromatic nitrogens is 1. The summed E-state index contributed by atoms with van der Waals surface area (Å²) in [4.78, 5) is 50.0. The van der Waals surface area contributed by atoms with Crippen LogP contribution in [0, 0.1) is 23.3 Å². The molecule has 8 nitrogen and oxygen atoms in total. The first kappa shape index (κ1) is 28.9. The molecule has 1 aromatic heterocycles. The van der Waals surface area contributed by atoms with E-state index in [9.17, 15) is 41.8 Å². The smallest absolute Gasteiger partial charge is 0.305 e. The standard InChI is InChI=1S/C24H18Cl2F4N2O6/c1-2-17(32-4-3-10-5-12(25)13(26)6-11(10)24(32)37)23(36)31-16(8-19(34)35)18(33)9-38-22-20(29)14(27)7-15(28)21(22)30/h3-7,16-17H,2,8-9H2,1H3,(H,31,36)(H,34,35)/t16-,17?/m0/s1. The number of carboxylic acids is 1. The summed E-state index contributed by atoms with van der Waals surface area (Å²) in [6.45, 7) is 0.317. The van der Waals surface area contributed by atoms with Gasteiger partial charge in [-0.05, 0) is 30.0 Å². The zero-order valence-corrected chi connectivity index (χ0v) is 20.9. The van der Waals surface area contributed by atoms with E-state index in [0.717, 1.165) is 4.57 Å². The molecule has 0 aliphatic rings. The number of carbonyl (C=O) groups excluding carboxylic acids is 2. The number of hydrogen-bond donors (Lipinski definition) is 2. The van der Waals surface area contributed by atoms with Crippen LogP contribution in [0.15, 0.2) is 35.3 Å². The van der Waals surface area contributed by atoms with Gasteiger partial charge in [-0.25, -0.2) is 8.78 Å². The minimum Gasteiger partial charge on any atom is -0.481 e. The van der Waals surface area contributed by atoms with Crippen LogP contribution in [0.25, 0.3) is 10.8 Å². The molecule has 1 heterocycles. The monoisotopic (exact) mass is 576 g/mol. The minimum absolute atomic E-state index is 0.0298. The van der Waals surface area contributed by atoms with E-state index in [2.05, 4.69) is 10.1 Å². The summed E-state index contributed by atoms with van der Waals surface area (Å²) >= 11 is 12.0. The number of carboxylic acid groups (broad SMARTS) is 1. The Morgan fingerprint density at radius 3 is 2.24 bits per heavy atom. The highest BCUT2D eigenvalue weighted by molar-refractivity contribution is 6.42. The highest BCUT2D eigenvalue weighted by Crippen LogP contribution is 2.28. The van der Waals surface area contributed by atoms with E-state index < -0.39 is 77.3 Å². The van der Waals surface area contributed by atoms with Crippen LogP contribution in [0.4, 0.5) is 17.6 Å². The molecule has 0 saturated carbocycles. The molecule has 3 rings (SSSR count). The molecule has 0 radical (unpaired) electrons. The van der Waals surface area contributed by atoms with Gasteiger partial charge in [0.1, 0.15) is 18.7 Å². The van der Waals surface area contributed by atoms with E-state index >= 15 is 0 Å². The van der Waals surface area contributed by atoms with Crippen molar-refractivity contribution in [3.63, 3.8) is 0 Å². The van der Waals surface area contributed by atoms with E-state index in [-0.39, 0.29) is 27.9 Å². The Hall–Kier alpha value is -3.64. The molecule has 38 heavy (non-hydrogen) atoms. The SMILES string of the molecule is CCC(C(=O)N[C@@H](CC(=O)O)C(=O)COc1c(F)c(F)cc(F)c1F)n1ccc2cc(Cl)c(Cl)cc2c1=O. The van der Waals surface area contributed by atoms with Crippen LogP contribution in [-0.2, 0) is 14.4 Å². The molecule has 202 valence electrons. The lowest BCUT2D eigenvalue weighted by Gasteiger charge is -2.22. The third kappa shape index (κ3) is 6.08. The molecule has 2 aromatic carbocycles. The first-order valence-corrected chi connectivity index (χ1v) is 11.6. The Morgan fingerprint density at radius 1 is 1.05 bits per heavy atom. The van der Waals surface area contributed by atoms with Crippen LogP contribution >= 0.6 is 23.2 Å². The molecule has 0 spiro atoms. The van der Waals surface area contributed by atoms with Crippen LogP contribution in [0.5, 0.6) is 5.75 Å². The second-order valence-electron chi connectivity index (χ2n) is 8.02. The van der Waals surface area contributed by atoms with Crippen LogP contribution in [-0.4, -0.2) is 40.0 Å². The lowest BCUT2D eigenvalue weighted by atomic mass is 10.1. The molecule has 0 bridgehead atoms. The first-order chi connectivity index (χ1) is 17.8. The van der Waals surface area contributed by atoms with E-state index in [1.165, 1.54) is 24.4 Å². The zero-order valence-electron chi connectivity index (χ0n) is 19.4. The molecular weight excluding hydrogens is 559 g/mol. The van der Waals surface area contributed by atoms with Crippen molar-refractivity contribution >= 4 is 51.6 Å². The van der Waals surface area contributed by atoms with Gasteiger partial charge in [0.15, 0.2) is 23.2 Å². The van der Waals surface area contributed by atoms with Crippen LogP contribution < -0.4 is 15.6 Å². The summed E-state index contributed by atoms with van der Waals surface area (Å²) in [7, 11) is 0. The molecule has 1 amide bonds. The van der Waals surface area contributed by atoms with Gasteiger partial charge in [0, 0.05) is 17.6 Å². The number of rotatable bonds is 10. The Bertz CT molecular complexity index is 1470. The lowest BCUT2D eigenvalue weighted by Crippen LogP contribution is -2.47. The van der Waals surface area contributed by atoms with E-state index in [1.807, 2.05) is 0 Å². The average Bonchev–Trinajstić information content (AvgIpc) is 2.85. The maximum absolute atomic E-state index is 13.8. The van der Waals surface area contributed by atoms with Gasteiger partial charge in [0.2, 0.25) is 17.5 Å². The molecule has 0 fully saturated rings. The maximum Gasteiger partial charge on any atom is 0.305 e. The fourth-order valence-electron chi connectivity index (χ4n) is 3.62. The number of hydrogen-bond acceptors (Lipinski definition) is 5. The number of nitrogens with zero attached hydrogens (tertiary/aromatic N) is 1. The van der Waals surface area contributed by atoms with Gasteiger partial charge in [-0.15, -0.1) is 0 Å². The van der Waals surface area contributed by atoms with Gasteiger partial charge in [-0.1, -0.05) is 30.1 Å². The van der Waals surface area contributed by atoms with Crippen LogP contribution in [0.3, 0.4) is 0 Å². The summed E-state index contributed by atoms with van der Waals surface area (Å²) in [6, 6.07) is 1.24. The van der Waals surface area contributed by atoms with Crippen molar-refractivity contribution in [2.45, 2.75) is 31.8 Å². The summed E-state index contributed by atoms with van der Waals surface area (Å²) in [5, 5.41) is 12.3. The molecule has 2 N–H and O–H groups in total. The number of Topliss-reactive ketones (excluding diaryl/α,β-unsaturated/α-hetero) is 1. The Kier molecular flexibility index (Phi) is 9.00. The zero-order chi connectivity index (χ0) is 28.3. The van der Waals surface area contributed by atoms with Gasteiger partial charge in [-0.3, -0.25) is 19.2 Å². The van der Waals surface area contributed by atoms with Crippen molar-refractivity contribution < 1.29 is 41.8 Å². The Labute approximate surface area is 221 Å². The van der Waals surface area contributed by atoms with Crippen molar-refractivity contribution in [1.29, 1.82) is 0 Å². The van der Waals surface area contributed by atoms with Crippen molar-refractivity contribution in [1.82, 2.24) is 9.88 Å². The van der Waals surface area contributed by atoms with E-state index in [0.29, 0.717) is 5.39 Å². The number of ketones is 1. The quantitative estimate of drug-likeness (QED) is 0.273. The first-order valence-electron chi connectivity index (χ1n) is 10.9. The fraction of sp³-hybridized carbons (Fsp3) is 0.250. The molecule has 0 aliphatic heterocycles. The number of halogens is 6. The third-order valence-electron chi connectivity index (χ3n) is 5.51. The topological polar surface area (TPSA) is 115 Å². The van der Waals surface area contributed by atoms with Crippen molar-refractivity contribution in [2.75, 3.05) is 6.61 Å². The fourth-order valence-corrected chi connectivity index (χ4v) is 3.95. The van der Waals surface area contributed by atoms with Crippen molar-refractivity contribution in [2.24, 2.45) is 0 Å². The summed E-state index contributed by atoms with van der Waals surface area (Å²) < 4.78 is 60.1. The molecular formula is C24H18Cl2F4N2O6. The summed E-state index contributed by atoms with van der Waals surface area (Å²) in [6.07, 6.45) is 0.374. The van der Waals surface area contributed by atoms with Gasteiger partial charge < -0.3 is 19.7 Å². The second kappa shape index (κ2) is 11.8. The van der Waals surface area contributed by atoms with Crippen LogP contribution in [0.1, 0.15) is 25.8 Å². The minimum atomic E-state index is -1.90. The number of ether oxygens (including phenoxy) is 1. The number of amides is 1.